The van der Waals surface area contributed by atoms with Crippen LogP contribution >= 0.6 is 0 Å². The maximum atomic E-state index is 12.0. The molecule has 2 aliphatic carbocycles. The van der Waals surface area contributed by atoms with E-state index in [-0.39, 0.29) is 11.3 Å². The maximum absolute atomic E-state index is 12.0. The van der Waals surface area contributed by atoms with E-state index >= 15 is 0 Å². The van der Waals surface area contributed by atoms with Crippen molar-refractivity contribution in [2.24, 2.45) is 5.41 Å². The minimum Gasteiger partial charge on any atom is -0.350 e. The van der Waals surface area contributed by atoms with Crippen LogP contribution in [0.2, 0.25) is 0 Å². The fraction of sp³-hybridized carbons (Fsp3) is 0.438. The van der Waals surface area contributed by atoms with Gasteiger partial charge in [0.25, 0.3) is 0 Å². The Morgan fingerprint density at radius 2 is 2.06 bits per heavy atom. The molecule has 0 atom stereocenters. The topological polar surface area (TPSA) is 29.1 Å². The zero-order valence-electron chi connectivity index (χ0n) is 11.0. The predicted octanol–water partition coefficient (Wildman–Crippen LogP) is 2.93. The lowest BCUT2D eigenvalue weighted by Gasteiger charge is -2.19. The molecule has 0 aliphatic heterocycles. The van der Waals surface area contributed by atoms with Crippen LogP contribution in [0.25, 0.3) is 5.57 Å². The highest BCUT2D eigenvalue weighted by Crippen LogP contribution is 2.45. The van der Waals surface area contributed by atoms with E-state index in [2.05, 4.69) is 37.4 Å². The molecular weight excluding hydrogens is 222 g/mol. The second-order valence-electron chi connectivity index (χ2n) is 6.06. The van der Waals surface area contributed by atoms with Gasteiger partial charge in [0, 0.05) is 12.1 Å². The van der Waals surface area contributed by atoms with Crippen molar-refractivity contribution in [2.45, 2.75) is 39.2 Å². The standard InChI is InChI=1S/C16H19NO/c1-16(2)10-11-5-3-4-6-13(11)14(16)9-15(18)17-12-7-8-12/h3-6,9,12H,7-8,10H2,1-2H3,(H,17,18). The molecule has 0 aromatic heterocycles. The molecule has 1 saturated carbocycles. The molecule has 0 heterocycles. The van der Waals surface area contributed by atoms with E-state index in [1.807, 2.05) is 12.1 Å². The Hall–Kier alpha value is -1.57. The van der Waals surface area contributed by atoms with E-state index in [4.69, 9.17) is 0 Å². The fourth-order valence-corrected chi connectivity index (χ4v) is 2.75. The van der Waals surface area contributed by atoms with Crippen molar-refractivity contribution in [1.29, 1.82) is 0 Å². The third-order valence-corrected chi connectivity index (χ3v) is 3.87. The highest BCUT2D eigenvalue weighted by atomic mass is 16.1. The summed E-state index contributed by atoms with van der Waals surface area (Å²) >= 11 is 0. The molecule has 0 radical (unpaired) electrons. The Morgan fingerprint density at radius 1 is 1.33 bits per heavy atom. The van der Waals surface area contributed by atoms with Gasteiger partial charge in [0.2, 0.25) is 5.91 Å². The first-order valence-electron chi connectivity index (χ1n) is 6.67. The molecule has 3 rings (SSSR count). The number of nitrogens with one attached hydrogen (secondary N) is 1. The first-order valence-corrected chi connectivity index (χ1v) is 6.67. The Bertz CT molecular complexity index is 524. The van der Waals surface area contributed by atoms with E-state index in [0.717, 1.165) is 19.3 Å². The molecule has 1 aromatic carbocycles. The zero-order valence-corrected chi connectivity index (χ0v) is 11.0. The van der Waals surface area contributed by atoms with Crippen molar-refractivity contribution in [3.05, 3.63) is 41.5 Å². The average Bonchev–Trinajstić information content (AvgIpc) is 3.06. The van der Waals surface area contributed by atoms with Gasteiger partial charge in [-0.25, -0.2) is 0 Å². The Kier molecular flexibility index (Phi) is 2.54. The number of allylic oxidation sites excluding steroid dienone is 1. The first-order chi connectivity index (χ1) is 8.56. The molecule has 0 saturated heterocycles. The number of amides is 1. The third kappa shape index (κ3) is 2.07. The molecule has 0 unspecified atom stereocenters. The summed E-state index contributed by atoms with van der Waals surface area (Å²) in [4.78, 5) is 12.0. The van der Waals surface area contributed by atoms with Crippen LogP contribution in [0.15, 0.2) is 30.3 Å². The lowest BCUT2D eigenvalue weighted by Crippen LogP contribution is -2.24. The molecule has 1 amide bonds. The number of benzene rings is 1. The van der Waals surface area contributed by atoms with Crippen LogP contribution in [0.5, 0.6) is 0 Å². The van der Waals surface area contributed by atoms with Gasteiger partial charge in [-0.2, -0.15) is 0 Å². The molecule has 94 valence electrons. The van der Waals surface area contributed by atoms with Crippen LogP contribution < -0.4 is 5.32 Å². The van der Waals surface area contributed by atoms with E-state index in [0.29, 0.717) is 6.04 Å². The first kappa shape index (κ1) is 11.5. The molecule has 2 aliphatic rings. The summed E-state index contributed by atoms with van der Waals surface area (Å²) in [6.45, 7) is 4.42. The van der Waals surface area contributed by atoms with Gasteiger partial charge in [0.1, 0.15) is 0 Å². The Morgan fingerprint density at radius 3 is 2.78 bits per heavy atom. The van der Waals surface area contributed by atoms with E-state index in [9.17, 15) is 4.79 Å². The number of carbonyl (C=O) groups excluding carboxylic acids is 1. The molecule has 18 heavy (non-hydrogen) atoms. The van der Waals surface area contributed by atoms with Gasteiger partial charge in [-0.05, 0) is 41.4 Å². The van der Waals surface area contributed by atoms with Crippen LogP contribution in [-0.2, 0) is 11.2 Å². The van der Waals surface area contributed by atoms with Crippen LogP contribution in [0.3, 0.4) is 0 Å². The summed E-state index contributed by atoms with van der Waals surface area (Å²) in [5.74, 6) is 0.0669. The summed E-state index contributed by atoms with van der Waals surface area (Å²) in [6.07, 6.45) is 5.10. The minimum atomic E-state index is 0.0601. The second-order valence-corrected chi connectivity index (χ2v) is 6.06. The fourth-order valence-electron chi connectivity index (χ4n) is 2.75. The molecule has 1 N–H and O–H groups in total. The van der Waals surface area contributed by atoms with Crippen LogP contribution in [0.4, 0.5) is 0 Å². The van der Waals surface area contributed by atoms with E-state index < -0.39 is 0 Å². The lowest BCUT2D eigenvalue weighted by atomic mass is 9.85. The summed E-state index contributed by atoms with van der Waals surface area (Å²) in [6, 6.07) is 8.83. The molecular formula is C16H19NO. The third-order valence-electron chi connectivity index (χ3n) is 3.87. The molecule has 1 fully saturated rings. The van der Waals surface area contributed by atoms with Gasteiger partial charge in [-0.15, -0.1) is 0 Å². The van der Waals surface area contributed by atoms with E-state index in [1.54, 1.807) is 0 Å². The Balaban J connectivity index is 1.93. The summed E-state index contributed by atoms with van der Waals surface area (Å²) in [7, 11) is 0. The number of carbonyl (C=O) groups is 1. The van der Waals surface area contributed by atoms with Crippen molar-refractivity contribution in [3.8, 4) is 0 Å². The van der Waals surface area contributed by atoms with E-state index in [1.165, 1.54) is 16.7 Å². The van der Waals surface area contributed by atoms with Crippen molar-refractivity contribution in [3.63, 3.8) is 0 Å². The lowest BCUT2D eigenvalue weighted by molar-refractivity contribution is -0.116. The second kappa shape index (κ2) is 3.98. The van der Waals surface area contributed by atoms with Crippen LogP contribution in [0.1, 0.15) is 37.8 Å². The molecule has 1 aromatic rings. The van der Waals surface area contributed by atoms with Crippen molar-refractivity contribution in [2.75, 3.05) is 0 Å². The van der Waals surface area contributed by atoms with Gasteiger partial charge in [0.15, 0.2) is 0 Å². The smallest absolute Gasteiger partial charge is 0.244 e. The largest absolute Gasteiger partial charge is 0.350 e. The number of rotatable bonds is 2. The number of hydrogen-bond acceptors (Lipinski definition) is 1. The van der Waals surface area contributed by atoms with Crippen LogP contribution in [-0.4, -0.2) is 11.9 Å². The highest BCUT2D eigenvalue weighted by Gasteiger charge is 2.34. The van der Waals surface area contributed by atoms with Gasteiger partial charge in [-0.1, -0.05) is 38.1 Å². The van der Waals surface area contributed by atoms with Crippen molar-refractivity contribution >= 4 is 11.5 Å². The summed E-state index contributed by atoms with van der Waals surface area (Å²) < 4.78 is 0. The molecule has 0 spiro atoms. The molecule has 2 heteroatoms. The normalized spacial score (nSPS) is 22.9. The average molecular weight is 241 g/mol. The van der Waals surface area contributed by atoms with Gasteiger partial charge >= 0.3 is 0 Å². The molecule has 0 bridgehead atoms. The van der Waals surface area contributed by atoms with Gasteiger partial charge in [-0.3, -0.25) is 4.79 Å². The minimum absolute atomic E-state index is 0.0601. The Labute approximate surface area is 108 Å². The number of fused-ring (bicyclic) bond motifs is 1. The number of hydrogen-bond donors (Lipinski definition) is 1. The summed E-state index contributed by atoms with van der Waals surface area (Å²) in [5.41, 5.74) is 3.84. The van der Waals surface area contributed by atoms with Crippen LogP contribution in [0, 0.1) is 5.41 Å². The van der Waals surface area contributed by atoms with Crippen molar-refractivity contribution in [1.82, 2.24) is 5.32 Å². The van der Waals surface area contributed by atoms with Crippen molar-refractivity contribution < 1.29 is 4.79 Å². The molecule has 2 nitrogen and oxygen atoms in total. The zero-order chi connectivity index (χ0) is 12.8. The maximum Gasteiger partial charge on any atom is 0.244 e. The SMILES string of the molecule is CC1(C)Cc2ccccc2C1=CC(=O)NC1CC1. The van der Waals surface area contributed by atoms with Gasteiger partial charge < -0.3 is 5.32 Å². The van der Waals surface area contributed by atoms with Gasteiger partial charge in [0.05, 0.1) is 0 Å². The highest BCUT2D eigenvalue weighted by molar-refractivity contribution is 5.97. The monoisotopic (exact) mass is 241 g/mol. The summed E-state index contributed by atoms with van der Waals surface area (Å²) in [5, 5.41) is 3.03. The quantitative estimate of drug-likeness (QED) is 0.792. The predicted molar refractivity (Wildman–Crippen MR) is 73.1 cm³/mol.